The van der Waals surface area contributed by atoms with E-state index >= 15 is 0 Å². The maximum Gasteiger partial charge on any atom is 0.255 e. The topological polar surface area (TPSA) is 70.7 Å². The number of rotatable bonds is 4. The van der Waals surface area contributed by atoms with Crippen molar-refractivity contribution in [1.82, 2.24) is 15.8 Å². The summed E-state index contributed by atoms with van der Waals surface area (Å²) >= 11 is 0. The van der Waals surface area contributed by atoms with Gasteiger partial charge in [0.2, 0.25) is 5.91 Å². The lowest BCUT2D eigenvalue weighted by Crippen LogP contribution is -2.53. The molecule has 1 rings (SSSR count). The molecule has 6 heteroatoms. The van der Waals surface area contributed by atoms with Crippen molar-refractivity contribution in [3.8, 4) is 0 Å². The highest BCUT2D eigenvalue weighted by molar-refractivity contribution is 5.84. The molecule has 104 valence electrons. The first-order chi connectivity index (χ1) is 8.54. The van der Waals surface area contributed by atoms with Crippen LogP contribution in [0, 0.1) is 5.92 Å². The number of nitrogens with one attached hydrogen (secondary N) is 2. The normalized spacial score (nSPS) is 22.3. The van der Waals surface area contributed by atoms with Crippen LogP contribution in [0.3, 0.4) is 0 Å². The molecule has 2 N–H and O–H groups in total. The van der Waals surface area contributed by atoms with E-state index < -0.39 is 0 Å². The molecule has 2 atom stereocenters. The average molecular weight is 257 g/mol. The van der Waals surface area contributed by atoms with Gasteiger partial charge in [-0.25, -0.2) is 0 Å². The first-order valence-electron chi connectivity index (χ1n) is 6.34. The number of amides is 2. The zero-order chi connectivity index (χ0) is 13.5. The van der Waals surface area contributed by atoms with E-state index in [1.54, 1.807) is 7.11 Å². The molecule has 0 spiro atoms. The molecule has 2 unspecified atom stereocenters. The van der Waals surface area contributed by atoms with Gasteiger partial charge in [-0.15, -0.1) is 0 Å². The number of hydrogen-bond donors (Lipinski definition) is 2. The largest absolute Gasteiger partial charge is 0.384 e. The molecule has 18 heavy (non-hydrogen) atoms. The van der Waals surface area contributed by atoms with Crippen LogP contribution in [0.4, 0.5) is 0 Å². The van der Waals surface area contributed by atoms with E-state index in [9.17, 15) is 9.59 Å². The van der Waals surface area contributed by atoms with Crippen LogP contribution in [0.15, 0.2) is 0 Å². The first kappa shape index (κ1) is 14.9. The van der Waals surface area contributed by atoms with Crippen molar-refractivity contribution in [3.63, 3.8) is 0 Å². The lowest BCUT2D eigenvalue weighted by Gasteiger charge is -2.35. The number of nitrogens with zero attached hydrogens (tertiary/aromatic N) is 1. The summed E-state index contributed by atoms with van der Waals surface area (Å²) in [7, 11) is 1.70. The summed E-state index contributed by atoms with van der Waals surface area (Å²) in [6, 6.07) is -0.239. The second-order valence-electron chi connectivity index (χ2n) is 4.80. The van der Waals surface area contributed by atoms with Crippen LogP contribution in [0.25, 0.3) is 0 Å². The fourth-order valence-corrected chi connectivity index (χ4v) is 2.24. The van der Waals surface area contributed by atoms with Crippen LogP contribution < -0.4 is 10.9 Å². The van der Waals surface area contributed by atoms with Gasteiger partial charge in [0.25, 0.3) is 5.91 Å². The Hall–Kier alpha value is -1.14. The third kappa shape index (κ3) is 4.62. The molecule has 0 radical (unpaired) electrons. The van der Waals surface area contributed by atoms with Crippen molar-refractivity contribution >= 4 is 11.8 Å². The number of ether oxygens (including phenoxy) is 1. The van der Waals surface area contributed by atoms with Crippen LogP contribution in [0.5, 0.6) is 0 Å². The number of likely N-dealkylation sites (tertiary alicyclic amines) is 1. The molecule has 1 heterocycles. The minimum atomic E-state index is -0.272. The molecule has 1 saturated heterocycles. The van der Waals surface area contributed by atoms with Gasteiger partial charge >= 0.3 is 0 Å². The number of hydrazine groups is 1. The summed E-state index contributed by atoms with van der Waals surface area (Å²) < 4.78 is 5.16. The highest BCUT2D eigenvalue weighted by Gasteiger charge is 2.27. The summed E-state index contributed by atoms with van der Waals surface area (Å²) in [6.07, 6.45) is 2.22. The zero-order valence-electron chi connectivity index (χ0n) is 11.4. The number of carbonyl (C=O) groups is 2. The van der Waals surface area contributed by atoms with Crippen LogP contribution in [0.1, 0.15) is 26.7 Å². The predicted octanol–water partition coefficient (Wildman–Crippen LogP) is -0.0994. The van der Waals surface area contributed by atoms with Crippen molar-refractivity contribution in [2.24, 2.45) is 5.92 Å². The summed E-state index contributed by atoms with van der Waals surface area (Å²) in [5, 5.41) is 0. The van der Waals surface area contributed by atoms with E-state index in [-0.39, 0.29) is 17.9 Å². The number of hydrogen-bond acceptors (Lipinski definition) is 4. The zero-order valence-corrected chi connectivity index (χ0v) is 11.4. The van der Waals surface area contributed by atoms with Gasteiger partial charge in [-0.2, -0.15) is 0 Å². The molecule has 0 aliphatic carbocycles. The second kappa shape index (κ2) is 7.33. The number of methoxy groups -OCH3 is 1. The van der Waals surface area contributed by atoms with Crippen molar-refractivity contribution in [3.05, 3.63) is 0 Å². The van der Waals surface area contributed by atoms with E-state index in [4.69, 9.17) is 4.74 Å². The minimum Gasteiger partial charge on any atom is -0.384 e. The molecule has 1 aliphatic heterocycles. The average Bonchev–Trinajstić information content (AvgIpc) is 2.35. The maximum atomic E-state index is 11.8. The predicted molar refractivity (Wildman–Crippen MR) is 67.6 cm³/mol. The summed E-state index contributed by atoms with van der Waals surface area (Å²) in [4.78, 5) is 24.7. The Morgan fingerprint density at radius 2 is 2.17 bits per heavy atom. The van der Waals surface area contributed by atoms with Crippen molar-refractivity contribution in [1.29, 1.82) is 0 Å². The molecule has 6 nitrogen and oxygen atoms in total. The lowest BCUT2D eigenvalue weighted by atomic mass is 9.97. The van der Waals surface area contributed by atoms with E-state index in [0.717, 1.165) is 32.5 Å². The van der Waals surface area contributed by atoms with Gasteiger partial charge < -0.3 is 4.74 Å². The van der Waals surface area contributed by atoms with E-state index in [0.29, 0.717) is 5.92 Å². The van der Waals surface area contributed by atoms with Crippen LogP contribution >= 0.6 is 0 Å². The third-order valence-electron chi connectivity index (χ3n) is 3.24. The van der Waals surface area contributed by atoms with Crippen molar-refractivity contribution in [2.75, 3.05) is 26.8 Å². The molecular weight excluding hydrogens is 234 g/mol. The monoisotopic (exact) mass is 257 g/mol. The highest BCUT2D eigenvalue weighted by Crippen LogP contribution is 2.18. The van der Waals surface area contributed by atoms with E-state index in [1.165, 1.54) is 6.92 Å². The van der Waals surface area contributed by atoms with Gasteiger partial charge in [0.05, 0.1) is 12.6 Å². The minimum absolute atomic E-state index is 0.178. The fourth-order valence-electron chi connectivity index (χ4n) is 2.24. The maximum absolute atomic E-state index is 11.8. The summed E-state index contributed by atoms with van der Waals surface area (Å²) in [5.41, 5.74) is 4.73. The Balaban J connectivity index is 2.42. The second-order valence-corrected chi connectivity index (χ2v) is 4.80. The molecule has 1 aliphatic rings. The van der Waals surface area contributed by atoms with Gasteiger partial charge in [-0.1, -0.05) is 0 Å². The molecule has 0 aromatic carbocycles. The van der Waals surface area contributed by atoms with Crippen LogP contribution in [0.2, 0.25) is 0 Å². The van der Waals surface area contributed by atoms with E-state index in [1.807, 2.05) is 6.92 Å². The molecule has 0 aromatic heterocycles. The van der Waals surface area contributed by atoms with Gasteiger partial charge in [-0.05, 0) is 32.2 Å². The quantitative estimate of drug-likeness (QED) is 0.690. The Labute approximate surface area is 108 Å². The van der Waals surface area contributed by atoms with Gasteiger partial charge in [0.1, 0.15) is 0 Å². The molecule has 1 fully saturated rings. The molecule has 0 aromatic rings. The number of carbonyl (C=O) groups excluding carboxylic acids is 2. The third-order valence-corrected chi connectivity index (χ3v) is 3.24. The fraction of sp³-hybridized carbons (Fsp3) is 0.833. The Bertz CT molecular complexity index is 294. The van der Waals surface area contributed by atoms with Gasteiger partial charge in [-0.3, -0.25) is 25.3 Å². The van der Waals surface area contributed by atoms with E-state index in [2.05, 4.69) is 15.8 Å². The molecular formula is C12H23N3O3. The van der Waals surface area contributed by atoms with Crippen molar-refractivity contribution in [2.45, 2.75) is 32.7 Å². The lowest BCUT2D eigenvalue weighted by molar-refractivity contribution is -0.131. The van der Waals surface area contributed by atoms with Crippen LogP contribution in [-0.4, -0.2) is 49.6 Å². The standard InChI is InChI=1S/C12H23N3O3/c1-9(12(17)14-13-10(2)16)15-6-4-5-11(7-15)8-18-3/h9,11H,4-8H2,1-3H3,(H,13,16)(H,14,17). The van der Waals surface area contributed by atoms with Crippen LogP contribution in [-0.2, 0) is 14.3 Å². The first-order valence-corrected chi connectivity index (χ1v) is 6.34. The molecule has 2 amide bonds. The highest BCUT2D eigenvalue weighted by atomic mass is 16.5. The Morgan fingerprint density at radius 1 is 1.44 bits per heavy atom. The Morgan fingerprint density at radius 3 is 2.78 bits per heavy atom. The summed E-state index contributed by atoms with van der Waals surface area (Å²) in [5.74, 6) is 0.0366. The number of piperidine rings is 1. The Kier molecular flexibility index (Phi) is 6.07. The summed E-state index contributed by atoms with van der Waals surface area (Å²) in [6.45, 7) is 5.72. The van der Waals surface area contributed by atoms with Gasteiger partial charge in [0.15, 0.2) is 0 Å². The smallest absolute Gasteiger partial charge is 0.255 e. The molecule has 0 bridgehead atoms. The molecule has 0 saturated carbocycles. The SMILES string of the molecule is COCC1CCCN(C(C)C(=O)NNC(C)=O)C1. The van der Waals surface area contributed by atoms with Crippen molar-refractivity contribution < 1.29 is 14.3 Å². The van der Waals surface area contributed by atoms with Gasteiger partial charge in [0, 0.05) is 20.6 Å².